The van der Waals surface area contributed by atoms with Crippen LogP contribution in [0.5, 0.6) is 5.75 Å². The number of fused-ring (bicyclic) bond motifs is 1. The van der Waals surface area contributed by atoms with Crippen LogP contribution in [0.4, 0.5) is 5.69 Å². The standard InChI is InChI=1S/C24H23N3O4/c1-4-30-18-10-11-19-20(13-22(28)31-21(19)12-18)24(29)25-23-15(2)26-27(16(23)3)14-17-8-6-5-7-9-17/h5-13H,4,14H2,1-3H3,(H,25,29). The zero-order chi connectivity index (χ0) is 22.0. The number of benzene rings is 2. The summed E-state index contributed by atoms with van der Waals surface area (Å²) in [5.74, 6) is 0.178. The van der Waals surface area contributed by atoms with Gasteiger partial charge in [-0.1, -0.05) is 30.3 Å². The summed E-state index contributed by atoms with van der Waals surface area (Å²) in [6, 6.07) is 16.3. The number of anilines is 1. The van der Waals surface area contributed by atoms with Crippen LogP contribution in [0.1, 0.15) is 34.2 Å². The van der Waals surface area contributed by atoms with Gasteiger partial charge in [0.15, 0.2) is 0 Å². The maximum Gasteiger partial charge on any atom is 0.337 e. The molecular weight excluding hydrogens is 394 g/mol. The minimum atomic E-state index is -0.598. The molecule has 7 heteroatoms. The number of aromatic nitrogens is 2. The number of hydrogen-bond donors (Lipinski definition) is 1. The van der Waals surface area contributed by atoms with Crippen LogP contribution in [-0.2, 0) is 6.54 Å². The summed E-state index contributed by atoms with van der Waals surface area (Å²) in [5.41, 5.74) is 3.23. The lowest BCUT2D eigenvalue weighted by atomic mass is 10.1. The van der Waals surface area contributed by atoms with Gasteiger partial charge in [0.25, 0.3) is 5.91 Å². The van der Waals surface area contributed by atoms with Gasteiger partial charge in [-0.25, -0.2) is 4.79 Å². The number of nitrogens with zero attached hydrogens (tertiary/aromatic N) is 2. The third-order valence-corrected chi connectivity index (χ3v) is 5.07. The van der Waals surface area contributed by atoms with Crippen molar-refractivity contribution in [3.63, 3.8) is 0 Å². The van der Waals surface area contributed by atoms with Crippen LogP contribution < -0.4 is 15.7 Å². The maximum absolute atomic E-state index is 13.1. The van der Waals surface area contributed by atoms with Crippen LogP contribution >= 0.6 is 0 Å². The molecule has 2 aromatic heterocycles. The summed E-state index contributed by atoms with van der Waals surface area (Å²) < 4.78 is 12.6. The highest BCUT2D eigenvalue weighted by Crippen LogP contribution is 2.25. The number of nitrogens with one attached hydrogen (secondary N) is 1. The van der Waals surface area contributed by atoms with Crippen LogP contribution in [-0.4, -0.2) is 22.3 Å². The topological polar surface area (TPSA) is 86.4 Å². The number of ether oxygens (including phenoxy) is 1. The molecule has 1 N–H and O–H groups in total. The SMILES string of the molecule is CCOc1ccc2c(C(=O)Nc3c(C)nn(Cc4ccccc4)c3C)cc(=O)oc2c1. The van der Waals surface area contributed by atoms with Gasteiger partial charge in [0.05, 0.1) is 35.8 Å². The van der Waals surface area contributed by atoms with Gasteiger partial charge < -0.3 is 14.5 Å². The van der Waals surface area contributed by atoms with Gasteiger partial charge in [0.2, 0.25) is 0 Å². The first kappa shape index (κ1) is 20.4. The van der Waals surface area contributed by atoms with Crippen molar-refractivity contribution in [2.75, 3.05) is 11.9 Å². The Morgan fingerprint density at radius 3 is 2.65 bits per heavy atom. The van der Waals surface area contributed by atoms with E-state index in [2.05, 4.69) is 10.4 Å². The van der Waals surface area contributed by atoms with E-state index in [1.807, 2.05) is 55.8 Å². The average Bonchev–Trinajstić information content (AvgIpc) is 3.01. The highest BCUT2D eigenvalue weighted by molar-refractivity contribution is 6.12. The van der Waals surface area contributed by atoms with E-state index in [4.69, 9.17) is 9.15 Å². The highest BCUT2D eigenvalue weighted by Gasteiger charge is 2.19. The molecule has 2 aromatic carbocycles. The summed E-state index contributed by atoms with van der Waals surface area (Å²) in [6.07, 6.45) is 0. The largest absolute Gasteiger partial charge is 0.494 e. The molecule has 4 rings (SSSR count). The molecule has 4 aromatic rings. The summed E-state index contributed by atoms with van der Waals surface area (Å²) in [7, 11) is 0. The third kappa shape index (κ3) is 4.21. The van der Waals surface area contributed by atoms with E-state index in [0.717, 1.165) is 11.3 Å². The number of amides is 1. The fourth-order valence-electron chi connectivity index (χ4n) is 3.56. The Morgan fingerprint density at radius 2 is 1.90 bits per heavy atom. The van der Waals surface area contributed by atoms with Crippen LogP contribution in [0.15, 0.2) is 63.8 Å². The number of rotatable bonds is 6. The quantitative estimate of drug-likeness (QED) is 0.473. The number of hydrogen-bond acceptors (Lipinski definition) is 5. The molecule has 0 bridgehead atoms. The molecule has 158 valence electrons. The molecule has 7 nitrogen and oxygen atoms in total. The number of aryl methyl sites for hydroxylation is 1. The molecule has 0 radical (unpaired) electrons. The predicted octanol–water partition coefficient (Wildman–Crippen LogP) is 4.31. The normalized spacial score (nSPS) is 10.9. The molecule has 0 aliphatic rings. The molecule has 0 saturated heterocycles. The number of carbonyl (C=O) groups is 1. The minimum Gasteiger partial charge on any atom is -0.494 e. The van der Waals surface area contributed by atoms with E-state index < -0.39 is 11.5 Å². The van der Waals surface area contributed by atoms with Gasteiger partial charge in [-0.2, -0.15) is 5.10 Å². The van der Waals surface area contributed by atoms with Gasteiger partial charge in [-0.3, -0.25) is 9.48 Å². The Balaban J connectivity index is 1.66. The second-order valence-electron chi connectivity index (χ2n) is 7.21. The van der Waals surface area contributed by atoms with Crippen LogP contribution in [0.25, 0.3) is 11.0 Å². The average molecular weight is 417 g/mol. The van der Waals surface area contributed by atoms with E-state index in [0.29, 0.717) is 41.3 Å². The monoisotopic (exact) mass is 417 g/mol. The Labute approximate surface area is 179 Å². The van der Waals surface area contributed by atoms with Crippen molar-refractivity contribution in [3.05, 3.63) is 87.5 Å². The molecule has 1 amide bonds. The van der Waals surface area contributed by atoms with Crippen molar-refractivity contribution in [1.82, 2.24) is 9.78 Å². The van der Waals surface area contributed by atoms with Gasteiger partial charge in [-0.15, -0.1) is 0 Å². The zero-order valence-corrected chi connectivity index (χ0v) is 17.6. The Hall–Kier alpha value is -3.87. The van der Waals surface area contributed by atoms with E-state index >= 15 is 0 Å². The van der Waals surface area contributed by atoms with Crippen molar-refractivity contribution < 1.29 is 13.9 Å². The molecule has 0 atom stereocenters. The first-order valence-corrected chi connectivity index (χ1v) is 10.1. The lowest BCUT2D eigenvalue weighted by Crippen LogP contribution is -2.16. The summed E-state index contributed by atoms with van der Waals surface area (Å²) in [4.78, 5) is 25.2. The lowest BCUT2D eigenvalue weighted by molar-refractivity contribution is 0.102. The Bertz CT molecular complexity index is 1310. The van der Waals surface area contributed by atoms with Gasteiger partial charge in [0, 0.05) is 17.5 Å². The molecule has 0 fully saturated rings. The van der Waals surface area contributed by atoms with Crippen molar-refractivity contribution in [3.8, 4) is 5.75 Å². The first-order valence-electron chi connectivity index (χ1n) is 10.1. The van der Waals surface area contributed by atoms with Crippen LogP contribution in [0.2, 0.25) is 0 Å². The van der Waals surface area contributed by atoms with Gasteiger partial charge in [-0.05, 0) is 38.5 Å². The Kier molecular flexibility index (Phi) is 5.58. The summed E-state index contributed by atoms with van der Waals surface area (Å²) in [6.45, 7) is 6.70. The fourth-order valence-corrected chi connectivity index (χ4v) is 3.56. The summed E-state index contributed by atoms with van der Waals surface area (Å²) in [5, 5.41) is 8.03. The third-order valence-electron chi connectivity index (χ3n) is 5.07. The van der Waals surface area contributed by atoms with E-state index in [1.54, 1.807) is 18.2 Å². The molecule has 31 heavy (non-hydrogen) atoms. The summed E-state index contributed by atoms with van der Waals surface area (Å²) >= 11 is 0. The van der Waals surface area contributed by atoms with Crippen LogP contribution in [0, 0.1) is 13.8 Å². The molecule has 0 aliphatic carbocycles. The first-order chi connectivity index (χ1) is 15.0. The second kappa shape index (κ2) is 8.47. The van der Waals surface area contributed by atoms with Crippen molar-refractivity contribution in [1.29, 1.82) is 0 Å². The van der Waals surface area contributed by atoms with E-state index in [-0.39, 0.29) is 5.56 Å². The van der Waals surface area contributed by atoms with Crippen molar-refractivity contribution >= 4 is 22.6 Å². The van der Waals surface area contributed by atoms with Crippen molar-refractivity contribution in [2.45, 2.75) is 27.3 Å². The van der Waals surface area contributed by atoms with Crippen molar-refractivity contribution in [2.24, 2.45) is 0 Å². The molecular formula is C24H23N3O4. The van der Waals surface area contributed by atoms with Gasteiger partial charge in [0.1, 0.15) is 11.3 Å². The highest BCUT2D eigenvalue weighted by atomic mass is 16.5. The Morgan fingerprint density at radius 1 is 1.13 bits per heavy atom. The smallest absolute Gasteiger partial charge is 0.337 e. The molecule has 0 saturated carbocycles. The second-order valence-corrected chi connectivity index (χ2v) is 7.21. The minimum absolute atomic E-state index is 0.240. The van der Waals surface area contributed by atoms with Gasteiger partial charge >= 0.3 is 5.63 Å². The zero-order valence-electron chi connectivity index (χ0n) is 17.6. The number of carbonyl (C=O) groups excluding carboxylic acids is 1. The molecule has 2 heterocycles. The molecule has 0 aliphatic heterocycles. The molecule has 0 unspecified atom stereocenters. The van der Waals surface area contributed by atoms with E-state index in [9.17, 15) is 9.59 Å². The lowest BCUT2D eigenvalue weighted by Gasteiger charge is -2.10. The maximum atomic E-state index is 13.1. The fraction of sp³-hybridized carbons (Fsp3) is 0.208. The predicted molar refractivity (Wildman–Crippen MR) is 119 cm³/mol. The van der Waals surface area contributed by atoms with E-state index in [1.165, 1.54) is 6.07 Å². The molecule has 0 spiro atoms. The van der Waals surface area contributed by atoms with Crippen LogP contribution in [0.3, 0.4) is 0 Å².